The fourth-order valence-corrected chi connectivity index (χ4v) is 4.45. The van der Waals surface area contributed by atoms with Crippen molar-refractivity contribution in [1.29, 1.82) is 0 Å². The standard InChI is InChI=1S/C18H28N4O3/c1-11(22-9-8-12-6-4-5-7-13(12)10-22)15(23)14-16(19)20(2)18(25)21(3)17(14)24/h11-13H,4-10,19H2,1-3H3/t11-,12+,13+/m1/s1. The zero-order valence-electron chi connectivity index (χ0n) is 15.3. The normalized spacial score (nSPS) is 25.4. The molecule has 1 aliphatic heterocycles. The first kappa shape index (κ1) is 17.9. The largest absolute Gasteiger partial charge is 0.384 e. The second-order valence-electron chi connectivity index (χ2n) is 7.59. The number of piperidine rings is 1. The minimum absolute atomic E-state index is 0.0440. The van der Waals surface area contributed by atoms with Crippen molar-refractivity contribution < 1.29 is 4.79 Å². The van der Waals surface area contributed by atoms with Crippen LogP contribution >= 0.6 is 0 Å². The minimum Gasteiger partial charge on any atom is -0.384 e. The molecule has 2 heterocycles. The molecular weight excluding hydrogens is 320 g/mol. The maximum absolute atomic E-state index is 13.0. The number of Topliss-reactive ketones (excluding diaryl/α,β-unsaturated/α-hetero) is 1. The molecule has 0 spiro atoms. The molecule has 2 aliphatic rings. The van der Waals surface area contributed by atoms with E-state index in [0.29, 0.717) is 5.92 Å². The van der Waals surface area contributed by atoms with Crippen LogP contribution in [0, 0.1) is 11.8 Å². The van der Waals surface area contributed by atoms with Crippen LogP contribution < -0.4 is 17.0 Å². The van der Waals surface area contributed by atoms with Crippen LogP contribution in [0.25, 0.3) is 0 Å². The zero-order chi connectivity index (χ0) is 18.3. The molecule has 3 rings (SSSR count). The van der Waals surface area contributed by atoms with Gasteiger partial charge in [0.15, 0.2) is 5.78 Å². The number of rotatable bonds is 3. The summed E-state index contributed by atoms with van der Waals surface area (Å²) in [5, 5.41) is 0. The fraction of sp³-hybridized carbons (Fsp3) is 0.722. The van der Waals surface area contributed by atoms with Gasteiger partial charge in [-0.15, -0.1) is 0 Å². The highest BCUT2D eigenvalue weighted by Crippen LogP contribution is 2.36. The van der Waals surface area contributed by atoms with Crippen molar-refractivity contribution in [2.24, 2.45) is 25.9 Å². The topological polar surface area (TPSA) is 90.3 Å². The Bertz CT molecular complexity index is 795. The number of likely N-dealkylation sites (tertiary alicyclic amines) is 1. The molecule has 2 fully saturated rings. The van der Waals surface area contributed by atoms with Crippen LogP contribution in [0.1, 0.15) is 49.4 Å². The lowest BCUT2D eigenvalue weighted by atomic mass is 9.75. The smallest absolute Gasteiger partial charge is 0.332 e. The summed E-state index contributed by atoms with van der Waals surface area (Å²) in [5.74, 6) is 1.10. The van der Waals surface area contributed by atoms with E-state index in [4.69, 9.17) is 5.73 Å². The molecule has 1 saturated heterocycles. The van der Waals surface area contributed by atoms with Gasteiger partial charge in [0.2, 0.25) is 0 Å². The van der Waals surface area contributed by atoms with Gasteiger partial charge in [-0.2, -0.15) is 0 Å². The Balaban J connectivity index is 1.86. The number of hydrogen-bond acceptors (Lipinski definition) is 5. The average Bonchev–Trinajstić information content (AvgIpc) is 2.63. The summed E-state index contributed by atoms with van der Waals surface area (Å²) in [4.78, 5) is 39.6. The number of ketones is 1. The van der Waals surface area contributed by atoms with Crippen molar-refractivity contribution >= 4 is 11.6 Å². The molecule has 7 nitrogen and oxygen atoms in total. The van der Waals surface area contributed by atoms with Gasteiger partial charge in [-0.25, -0.2) is 4.79 Å². The third kappa shape index (κ3) is 3.05. The van der Waals surface area contributed by atoms with E-state index in [-0.39, 0.29) is 17.2 Å². The van der Waals surface area contributed by atoms with Gasteiger partial charge in [0.1, 0.15) is 11.4 Å². The Morgan fingerprint density at radius 1 is 1.08 bits per heavy atom. The molecular formula is C18H28N4O3. The minimum atomic E-state index is -0.606. The maximum Gasteiger partial charge on any atom is 0.332 e. The molecule has 0 aromatic carbocycles. The number of hydrogen-bond donors (Lipinski definition) is 1. The lowest BCUT2D eigenvalue weighted by Gasteiger charge is -2.43. The van der Waals surface area contributed by atoms with Gasteiger partial charge in [0.05, 0.1) is 6.04 Å². The number of aromatic nitrogens is 2. The molecule has 2 N–H and O–H groups in total. The average molecular weight is 348 g/mol. The Morgan fingerprint density at radius 2 is 1.72 bits per heavy atom. The van der Waals surface area contributed by atoms with Gasteiger partial charge in [0.25, 0.3) is 5.56 Å². The van der Waals surface area contributed by atoms with Crippen molar-refractivity contribution in [3.8, 4) is 0 Å². The summed E-state index contributed by atoms with van der Waals surface area (Å²) >= 11 is 0. The summed E-state index contributed by atoms with van der Waals surface area (Å²) in [7, 11) is 2.85. The first-order chi connectivity index (χ1) is 11.8. The van der Waals surface area contributed by atoms with E-state index in [1.54, 1.807) is 0 Å². The van der Waals surface area contributed by atoms with Crippen LogP contribution in [-0.4, -0.2) is 38.9 Å². The van der Waals surface area contributed by atoms with E-state index in [1.165, 1.54) is 39.8 Å². The van der Waals surface area contributed by atoms with E-state index in [1.807, 2.05) is 6.92 Å². The number of nitrogen functional groups attached to an aromatic ring is 1. The summed E-state index contributed by atoms with van der Waals surface area (Å²) in [6.07, 6.45) is 6.23. The van der Waals surface area contributed by atoms with Crippen molar-refractivity contribution in [3.05, 3.63) is 26.4 Å². The third-order valence-electron chi connectivity index (χ3n) is 6.21. The molecule has 0 bridgehead atoms. The summed E-state index contributed by atoms with van der Waals surface area (Å²) in [6, 6.07) is -0.407. The van der Waals surface area contributed by atoms with E-state index < -0.39 is 17.3 Å². The number of carbonyl (C=O) groups excluding carboxylic acids is 1. The lowest BCUT2D eigenvalue weighted by Crippen LogP contribution is -2.50. The molecule has 1 saturated carbocycles. The molecule has 7 heteroatoms. The van der Waals surface area contributed by atoms with Gasteiger partial charge < -0.3 is 5.73 Å². The predicted molar refractivity (Wildman–Crippen MR) is 96.8 cm³/mol. The van der Waals surface area contributed by atoms with Crippen molar-refractivity contribution in [3.63, 3.8) is 0 Å². The van der Waals surface area contributed by atoms with Gasteiger partial charge >= 0.3 is 5.69 Å². The highest BCUT2D eigenvalue weighted by molar-refractivity contribution is 6.03. The monoisotopic (exact) mass is 348 g/mol. The summed E-state index contributed by atoms with van der Waals surface area (Å²) in [5.41, 5.74) is 4.75. The van der Waals surface area contributed by atoms with Crippen molar-refractivity contribution in [1.82, 2.24) is 14.0 Å². The number of nitrogens with two attached hydrogens (primary N) is 1. The molecule has 1 aromatic heterocycles. The molecule has 0 unspecified atom stereocenters. The number of anilines is 1. The van der Waals surface area contributed by atoms with Gasteiger partial charge in [-0.05, 0) is 38.1 Å². The second kappa shape index (κ2) is 6.78. The highest BCUT2D eigenvalue weighted by Gasteiger charge is 2.36. The van der Waals surface area contributed by atoms with Gasteiger partial charge in [-0.1, -0.05) is 19.3 Å². The first-order valence-corrected chi connectivity index (χ1v) is 9.16. The summed E-state index contributed by atoms with van der Waals surface area (Å²) < 4.78 is 2.11. The molecule has 0 radical (unpaired) electrons. The van der Waals surface area contributed by atoms with Crippen LogP contribution in [0.4, 0.5) is 5.82 Å². The first-order valence-electron chi connectivity index (χ1n) is 9.16. The zero-order valence-corrected chi connectivity index (χ0v) is 15.3. The Labute approximate surface area is 147 Å². The van der Waals surface area contributed by atoms with Crippen LogP contribution in [0.3, 0.4) is 0 Å². The Morgan fingerprint density at radius 3 is 2.40 bits per heavy atom. The lowest BCUT2D eigenvalue weighted by molar-refractivity contribution is 0.0517. The van der Waals surface area contributed by atoms with Crippen LogP contribution in [0.2, 0.25) is 0 Å². The maximum atomic E-state index is 13.0. The third-order valence-corrected chi connectivity index (χ3v) is 6.21. The highest BCUT2D eigenvalue weighted by atomic mass is 16.2. The molecule has 3 atom stereocenters. The second-order valence-corrected chi connectivity index (χ2v) is 7.59. The Hall–Kier alpha value is -1.89. The van der Waals surface area contributed by atoms with E-state index in [0.717, 1.165) is 34.6 Å². The van der Waals surface area contributed by atoms with Gasteiger partial charge in [0, 0.05) is 20.6 Å². The molecule has 0 amide bonds. The van der Waals surface area contributed by atoms with Crippen LogP contribution in [0.15, 0.2) is 9.59 Å². The summed E-state index contributed by atoms with van der Waals surface area (Å²) in [6.45, 7) is 3.62. The molecule has 1 aromatic rings. The number of nitrogens with zero attached hydrogens (tertiary/aromatic N) is 3. The van der Waals surface area contributed by atoms with E-state index in [9.17, 15) is 14.4 Å². The predicted octanol–water partition coefficient (Wildman–Crippen LogP) is 0.749. The number of fused-ring (bicyclic) bond motifs is 1. The van der Waals surface area contributed by atoms with Gasteiger partial charge in [-0.3, -0.25) is 23.6 Å². The molecule has 25 heavy (non-hydrogen) atoms. The fourth-order valence-electron chi connectivity index (χ4n) is 4.45. The molecule has 138 valence electrons. The Kier molecular flexibility index (Phi) is 4.86. The SMILES string of the molecule is C[C@H](C(=O)c1c(N)n(C)c(=O)n(C)c1=O)N1CC[C@@H]2CCCC[C@H]2C1. The van der Waals surface area contributed by atoms with Crippen molar-refractivity contribution in [2.75, 3.05) is 18.8 Å². The number of carbonyl (C=O) groups is 1. The molecule has 1 aliphatic carbocycles. The van der Waals surface area contributed by atoms with E-state index >= 15 is 0 Å². The van der Waals surface area contributed by atoms with Crippen molar-refractivity contribution in [2.45, 2.75) is 45.1 Å². The quantitative estimate of drug-likeness (QED) is 0.814. The van der Waals surface area contributed by atoms with Crippen LogP contribution in [-0.2, 0) is 14.1 Å². The van der Waals surface area contributed by atoms with E-state index in [2.05, 4.69) is 4.90 Å². The van der Waals surface area contributed by atoms with Crippen LogP contribution in [0.5, 0.6) is 0 Å².